The molecule has 0 aromatic carbocycles. The Morgan fingerprint density at radius 2 is 2.23 bits per heavy atom. The Labute approximate surface area is 79.0 Å². The van der Waals surface area contributed by atoms with E-state index in [-0.39, 0.29) is 17.5 Å². The van der Waals surface area contributed by atoms with Crippen molar-refractivity contribution < 1.29 is 9.53 Å². The van der Waals surface area contributed by atoms with Gasteiger partial charge in [-0.25, -0.2) is 0 Å². The van der Waals surface area contributed by atoms with Gasteiger partial charge in [-0.2, -0.15) is 0 Å². The largest absolute Gasteiger partial charge is 0.457 e. The Morgan fingerprint density at radius 3 is 2.92 bits per heavy atom. The van der Waals surface area contributed by atoms with Crippen LogP contribution in [0, 0.1) is 11.3 Å². The first-order valence-electron chi connectivity index (χ1n) is 4.90. The van der Waals surface area contributed by atoms with Crippen LogP contribution < -0.4 is 0 Å². The Kier molecular flexibility index (Phi) is 1.76. The van der Waals surface area contributed by atoms with Gasteiger partial charge in [0.05, 0.1) is 5.41 Å². The lowest BCUT2D eigenvalue weighted by atomic mass is 9.73. The lowest BCUT2D eigenvalue weighted by molar-refractivity contribution is -0.146. The van der Waals surface area contributed by atoms with Gasteiger partial charge in [-0.3, -0.25) is 4.79 Å². The van der Waals surface area contributed by atoms with Crippen LogP contribution in [0.25, 0.3) is 0 Å². The van der Waals surface area contributed by atoms with Crippen molar-refractivity contribution in [1.29, 1.82) is 0 Å². The molecule has 1 fully saturated rings. The summed E-state index contributed by atoms with van der Waals surface area (Å²) in [4.78, 5) is 11.5. The number of hydrogen-bond acceptors (Lipinski definition) is 2. The summed E-state index contributed by atoms with van der Waals surface area (Å²) >= 11 is 0. The van der Waals surface area contributed by atoms with Gasteiger partial charge in [-0.1, -0.05) is 5.57 Å². The highest BCUT2D eigenvalue weighted by molar-refractivity contribution is 5.79. The van der Waals surface area contributed by atoms with E-state index in [0.29, 0.717) is 5.92 Å². The fraction of sp³-hybridized carbons (Fsp3) is 0.727. The van der Waals surface area contributed by atoms with Gasteiger partial charge in [0.1, 0.15) is 6.10 Å². The monoisotopic (exact) mass is 180 g/mol. The molecule has 0 radical (unpaired) electrons. The van der Waals surface area contributed by atoms with E-state index < -0.39 is 0 Å². The third kappa shape index (κ3) is 1.19. The van der Waals surface area contributed by atoms with Gasteiger partial charge >= 0.3 is 5.97 Å². The van der Waals surface area contributed by atoms with Gasteiger partial charge in [-0.15, -0.1) is 0 Å². The maximum atomic E-state index is 11.5. The molecule has 0 N–H and O–H groups in total. The molecular weight excluding hydrogens is 164 g/mol. The lowest BCUT2D eigenvalue weighted by Gasteiger charge is -2.27. The Bertz CT molecular complexity index is 276. The SMILES string of the molecule is CC1=C[C@@H]2OC(=O)C(C)(C)[C@@H]2CC1. The Hall–Kier alpha value is -0.790. The predicted molar refractivity (Wildman–Crippen MR) is 50.1 cm³/mol. The van der Waals surface area contributed by atoms with E-state index in [1.807, 2.05) is 13.8 Å². The first-order valence-corrected chi connectivity index (χ1v) is 4.90. The van der Waals surface area contributed by atoms with Gasteiger partial charge in [0, 0.05) is 5.92 Å². The van der Waals surface area contributed by atoms with Crippen molar-refractivity contribution in [3.05, 3.63) is 11.6 Å². The van der Waals surface area contributed by atoms with E-state index in [4.69, 9.17) is 4.74 Å². The van der Waals surface area contributed by atoms with Crippen molar-refractivity contribution in [3.8, 4) is 0 Å². The van der Waals surface area contributed by atoms with E-state index in [0.717, 1.165) is 12.8 Å². The minimum absolute atomic E-state index is 0.0338. The highest BCUT2D eigenvalue weighted by atomic mass is 16.6. The van der Waals surface area contributed by atoms with Crippen LogP contribution in [0.1, 0.15) is 33.6 Å². The number of allylic oxidation sites excluding steroid dienone is 1. The molecule has 72 valence electrons. The molecule has 1 aliphatic carbocycles. The van der Waals surface area contributed by atoms with Crippen molar-refractivity contribution in [2.24, 2.45) is 11.3 Å². The molecule has 0 aromatic rings. The fourth-order valence-electron chi connectivity index (χ4n) is 2.34. The highest BCUT2D eigenvalue weighted by Gasteiger charge is 2.50. The molecule has 0 saturated carbocycles. The van der Waals surface area contributed by atoms with Crippen LogP contribution in [-0.4, -0.2) is 12.1 Å². The summed E-state index contributed by atoms with van der Waals surface area (Å²) < 4.78 is 5.34. The summed E-state index contributed by atoms with van der Waals surface area (Å²) in [6.45, 7) is 6.10. The second kappa shape index (κ2) is 2.60. The molecule has 1 saturated heterocycles. The van der Waals surface area contributed by atoms with Gasteiger partial charge in [-0.05, 0) is 39.7 Å². The van der Waals surface area contributed by atoms with E-state index in [1.54, 1.807) is 0 Å². The van der Waals surface area contributed by atoms with E-state index in [9.17, 15) is 4.79 Å². The summed E-state index contributed by atoms with van der Waals surface area (Å²) in [6, 6.07) is 0. The first kappa shape index (κ1) is 8.79. The molecule has 0 aromatic heterocycles. The van der Waals surface area contributed by atoms with Gasteiger partial charge in [0.25, 0.3) is 0 Å². The molecule has 1 aliphatic heterocycles. The molecule has 2 heteroatoms. The zero-order valence-corrected chi connectivity index (χ0v) is 8.46. The average molecular weight is 180 g/mol. The minimum Gasteiger partial charge on any atom is -0.457 e. The number of fused-ring (bicyclic) bond motifs is 1. The fourth-order valence-corrected chi connectivity index (χ4v) is 2.34. The van der Waals surface area contributed by atoms with Crippen LogP contribution in [0.15, 0.2) is 11.6 Å². The third-order valence-electron chi connectivity index (χ3n) is 3.39. The molecule has 1 heterocycles. The number of esters is 1. The predicted octanol–water partition coefficient (Wildman–Crippen LogP) is 2.29. The molecule has 2 rings (SSSR count). The molecular formula is C11H16O2. The van der Waals surface area contributed by atoms with Crippen molar-refractivity contribution in [2.75, 3.05) is 0 Å². The number of carbonyl (C=O) groups excluding carboxylic acids is 1. The maximum absolute atomic E-state index is 11.5. The van der Waals surface area contributed by atoms with Crippen molar-refractivity contribution in [3.63, 3.8) is 0 Å². The second-order valence-corrected chi connectivity index (χ2v) is 4.75. The number of hydrogen-bond donors (Lipinski definition) is 0. The lowest BCUT2D eigenvalue weighted by Crippen LogP contribution is -2.29. The summed E-state index contributed by atoms with van der Waals surface area (Å²) in [6.07, 6.45) is 4.37. The van der Waals surface area contributed by atoms with E-state index >= 15 is 0 Å². The summed E-state index contributed by atoms with van der Waals surface area (Å²) in [5, 5.41) is 0. The first-order chi connectivity index (χ1) is 6.01. The normalized spacial score (nSPS) is 36.5. The van der Waals surface area contributed by atoms with Crippen LogP contribution in [0.3, 0.4) is 0 Å². The minimum atomic E-state index is -0.276. The van der Waals surface area contributed by atoms with Crippen LogP contribution in [0.2, 0.25) is 0 Å². The second-order valence-electron chi connectivity index (χ2n) is 4.75. The number of rotatable bonds is 0. The van der Waals surface area contributed by atoms with Crippen LogP contribution >= 0.6 is 0 Å². The summed E-state index contributed by atoms with van der Waals surface area (Å²) in [7, 11) is 0. The zero-order valence-electron chi connectivity index (χ0n) is 8.46. The van der Waals surface area contributed by atoms with Crippen LogP contribution in [0.4, 0.5) is 0 Å². The van der Waals surface area contributed by atoms with Gasteiger partial charge < -0.3 is 4.74 Å². The molecule has 0 amide bonds. The molecule has 0 unspecified atom stereocenters. The topological polar surface area (TPSA) is 26.3 Å². The van der Waals surface area contributed by atoms with Gasteiger partial charge in [0.2, 0.25) is 0 Å². The quantitative estimate of drug-likeness (QED) is 0.422. The third-order valence-corrected chi connectivity index (χ3v) is 3.39. The molecule has 2 aliphatic rings. The van der Waals surface area contributed by atoms with E-state index in [1.165, 1.54) is 5.57 Å². The highest BCUT2D eigenvalue weighted by Crippen LogP contribution is 2.45. The smallest absolute Gasteiger partial charge is 0.312 e. The standard InChI is InChI=1S/C11H16O2/c1-7-4-5-8-9(6-7)13-10(12)11(8,2)3/h6,8-9H,4-5H2,1-3H3/t8-,9+/m1/s1. The molecule has 2 nitrogen and oxygen atoms in total. The average Bonchev–Trinajstić information content (AvgIpc) is 2.23. The van der Waals surface area contributed by atoms with Crippen molar-refractivity contribution in [1.82, 2.24) is 0 Å². The molecule has 0 spiro atoms. The zero-order chi connectivity index (χ0) is 9.64. The molecule has 0 bridgehead atoms. The number of ether oxygens (including phenoxy) is 1. The Morgan fingerprint density at radius 1 is 1.54 bits per heavy atom. The number of carbonyl (C=O) groups is 1. The maximum Gasteiger partial charge on any atom is 0.312 e. The van der Waals surface area contributed by atoms with Crippen LogP contribution in [0.5, 0.6) is 0 Å². The molecule has 13 heavy (non-hydrogen) atoms. The Balaban J connectivity index is 2.30. The van der Waals surface area contributed by atoms with Crippen LogP contribution in [-0.2, 0) is 9.53 Å². The van der Waals surface area contributed by atoms with E-state index in [2.05, 4.69) is 13.0 Å². The van der Waals surface area contributed by atoms with Gasteiger partial charge in [0.15, 0.2) is 0 Å². The molecule has 2 atom stereocenters. The van der Waals surface area contributed by atoms with Crippen molar-refractivity contribution in [2.45, 2.75) is 39.7 Å². The summed E-state index contributed by atoms with van der Waals surface area (Å²) in [5.41, 5.74) is 1.08. The van der Waals surface area contributed by atoms with Crippen molar-refractivity contribution >= 4 is 5.97 Å². The summed E-state index contributed by atoms with van der Waals surface area (Å²) in [5.74, 6) is 0.358.